The Morgan fingerprint density at radius 2 is 2.07 bits per heavy atom. The molecule has 2 N–H and O–H groups in total. The summed E-state index contributed by atoms with van der Waals surface area (Å²) < 4.78 is 32.3. The topological polar surface area (TPSA) is 114 Å². The van der Waals surface area contributed by atoms with E-state index in [1.165, 1.54) is 30.6 Å². The quantitative estimate of drug-likeness (QED) is 0.653. The third kappa shape index (κ3) is 5.04. The fraction of sp³-hybridized carbons (Fsp3) is 0.312. The summed E-state index contributed by atoms with van der Waals surface area (Å²) in [5, 5.41) is 4.39. The van der Waals surface area contributed by atoms with Crippen LogP contribution in [0.2, 0.25) is 5.02 Å². The van der Waals surface area contributed by atoms with E-state index in [1.807, 2.05) is 0 Å². The minimum absolute atomic E-state index is 0.0765. The monoisotopic (exact) mass is 429 g/mol. The summed E-state index contributed by atoms with van der Waals surface area (Å²) in [4.78, 5) is 28.2. The molecule has 1 fully saturated rings. The maximum absolute atomic E-state index is 12.4. The number of aromatic nitrogens is 1. The number of rotatable bonds is 7. The van der Waals surface area contributed by atoms with Crippen LogP contribution in [-0.4, -0.2) is 37.4 Å². The van der Waals surface area contributed by atoms with E-state index < -0.39 is 28.0 Å². The molecule has 0 unspecified atom stereocenters. The van der Waals surface area contributed by atoms with Crippen molar-refractivity contribution in [3.63, 3.8) is 0 Å². The smallest absolute Gasteiger partial charge is 0.350 e. The molecule has 2 aromatic rings. The zero-order valence-electron chi connectivity index (χ0n) is 14.1. The minimum Gasteiger partial charge on any atom is -0.448 e. The number of carbonyl (C=O) groups is 2. The maximum atomic E-state index is 12.4. The van der Waals surface area contributed by atoms with Gasteiger partial charge in [0, 0.05) is 12.2 Å². The van der Waals surface area contributed by atoms with Crippen LogP contribution in [0.4, 0.5) is 5.82 Å². The Labute approximate surface area is 164 Å². The third-order valence-corrected chi connectivity index (χ3v) is 6.44. The average Bonchev–Trinajstić information content (AvgIpc) is 3.25. The number of thiophene rings is 1. The molecule has 27 heavy (non-hydrogen) atoms. The first kappa shape index (κ1) is 19.7. The van der Waals surface area contributed by atoms with Crippen LogP contribution in [0.3, 0.4) is 0 Å². The molecule has 1 amide bonds. The lowest BCUT2D eigenvalue weighted by Gasteiger charge is -2.13. The van der Waals surface area contributed by atoms with Crippen LogP contribution in [0, 0.1) is 0 Å². The van der Waals surface area contributed by atoms with Gasteiger partial charge in [0.05, 0.1) is 5.02 Å². The lowest BCUT2D eigenvalue weighted by atomic mass is 10.3. The predicted octanol–water partition coefficient (Wildman–Crippen LogP) is 2.42. The molecule has 1 aliphatic carbocycles. The number of amides is 1. The highest BCUT2D eigenvalue weighted by Gasteiger charge is 2.32. The lowest BCUT2D eigenvalue weighted by Crippen LogP contribution is -2.31. The molecule has 2 aromatic heterocycles. The summed E-state index contributed by atoms with van der Waals surface area (Å²) >= 11 is 6.66. The van der Waals surface area contributed by atoms with Gasteiger partial charge in [-0.05, 0) is 43.3 Å². The number of nitrogens with one attached hydrogen (secondary N) is 2. The van der Waals surface area contributed by atoms with Gasteiger partial charge in [0.15, 0.2) is 6.10 Å². The van der Waals surface area contributed by atoms with Crippen molar-refractivity contribution >= 4 is 50.7 Å². The van der Waals surface area contributed by atoms with Gasteiger partial charge < -0.3 is 10.1 Å². The second kappa shape index (κ2) is 7.93. The van der Waals surface area contributed by atoms with Gasteiger partial charge in [0.2, 0.25) is 10.0 Å². The first-order chi connectivity index (χ1) is 12.8. The first-order valence-corrected chi connectivity index (χ1v) is 10.7. The van der Waals surface area contributed by atoms with Crippen LogP contribution >= 0.6 is 22.9 Å². The number of hydrogen-bond acceptors (Lipinski definition) is 7. The van der Waals surface area contributed by atoms with Gasteiger partial charge in [-0.2, -0.15) is 0 Å². The van der Waals surface area contributed by atoms with Gasteiger partial charge in [-0.1, -0.05) is 11.6 Å². The second-order valence-electron chi connectivity index (χ2n) is 5.91. The van der Waals surface area contributed by atoms with Gasteiger partial charge in [0.25, 0.3) is 5.91 Å². The number of pyridine rings is 1. The highest BCUT2D eigenvalue weighted by molar-refractivity contribution is 7.89. The van der Waals surface area contributed by atoms with E-state index in [-0.39, 0.29) is 21.6 Å². The molecule has 1 atom stereocenters. The first-order valence-electron chi connectivity index (χ1n) is 7.99. The fourth-order valence-electron chi connectivity index (χ4n) is 2.09. The molecule has 8 nitrogen and oxygen atoms in total. The standard InChI is InChI=1S/C16H16ClN3O5S2/c1-9(15(21)19-13-5-2-10(17)8-18-13)25-16(22)14-12(6-7-26-14)27(23,24)20-11-3-4-11/h2,5-9,11,20H,3-4H2,1H3,(H,18,19,21)/t9-/m0/s1. The van der Waals surface area contributed by atoms with Gasteiger partial charge in [0.1, 0.15) is 15.6 Å². The Kier molecular flexibility index (Phi) is 5.80. The Balaban J connectivity index is 1.65. The zero-order chi connectivity index (χ0) is 19.6. The Morgan fingerprint density at radius 3 is 2.70 bits per heavy atom. The van der Waals surface area contributed by atoms with Gasteiger partial charge >= 0.3 is 5.97 Å². The Morgan fingerprint density at radius 1 is 1.33 bits per heavy atom. The van der Waals surface area contributed by atoms with Crippen molar-refractivity contribution in [1.82, 2.24) is 9.71 Å². The number of hydrogen-bond donors (Lipinski definition) is 2. The molecule has 1 saturated carbocycles. The molecule has 0 aromatic carbocycles. The SMILES string of the molecule is C[C@H](OC(=O)c1sccc1S(=O)(=O)NC1CC1)C(=O)Nc1ccc(Cl)cn1. The van der Waals surface area contributed by atoms with E-state index in [0.29, 0.717) is 5.02 Å². The molecular formula is C16H16ClN3O5S2. The van der Waals surface area contributed by atoms with Crippen molar-refractivity contribution in [1.29, 1.82) is 0 Å². The van der Waals surface area contributed by atoms with Crippen LogP contribution in [0.15, 0.2) is 34.7 Å². The van der Waals surface area contributed by atoms with Gasteiger partial charge in [-0.25, -0.2) is 22.9 Å². The number of carbonyl (C=O) groups excluding carboxylic acids is 2. The molecule has 0 spiro atoms. The number of anilines is 1. The van der Waals surface area contributed by atoms with Gasteiger partial charge in [-0.3, -0.25) is 4.79 Å². The van der Waals surface area contributed by atoms with Crippen molar-refractivity contribution in [3.05, 3.63) is 39.7 Å². The minimum atomic E-state index is -3.80. The molecular weight excluding hydrogens is 414 g/mol. The Hall–Kier alpha value is -2.01. The van der Waals surface area contributed by atoms with Crippen LogP contribution < -0.4 is 10.0 Å². The maximum Gasteiger partial charge on any atom is 0.350 e. The summed E-state index contributed by atoms with van der Waals surface area (Å²) in [6, 6.07) is 4.31. The van der Waals surface area contributed by atoms with E-state index in [9.17, 15) is 18.0 Å². The summed E-state index contributed by atoms with van der Waals surface area (Å²) in [6.45, 7) is 1.38. The lowest BCUT2D eigenvalue weighted by molar-refractivity contribution is -0.123. The molecule has 2 heterocycles. The van der Waals surface area contributed by atoms with Crippen LogP contribution in [-0.2, 0) is 19.6 Å². The summed E-state index contributed by atoms with van der Waals surface area (Å²) in [7, 11) is -3.80. The predicted molar refractivity (Wildman–Crippen MR) is 100 cm³/mol. The number of halogens is 1. The van der Waals surface area contributed by atoms with Crippen molar-refractivity contribution in [2.75, 3.05) is 5.32 Å². The highest BCUT2D eigenvalue weighted by atomic mass is 35.5. The summed E-state index contributed by atoms with van der Waals surface area (Å²) in [5.41, 5.74) is 0. The molecule has 0 aliphatic heterocycles. The average molecular weight is 430 g/mol. The number of sulfonamides is 1. The molecule has 0 bridgehead atoms. The normalized spacial score (nSPS) is 15.2. The van der Waals surface area contributed by atoms with Crippen LogP contribution in [0.25, 0.3) is 0 Å². The summed E-state index contributed by atoms with van der Waals surface area (Å²) in [5.74, 6) is -1.23. The van der Waals surface area contributed by atoms with Crippen LogP contribution in [0.5, 0.6) is 0 Å². The van der Waals surface area contributed by atoms with E-state index >= 15 is 0 Å². The van der Waals surface area contributed by atoms with Crippen molar-refractivity contribution < 1.29 is 22.7 Å². The van der Waals surface area contributed by atoms with E-state index in [1.54, 1.807) is 6.07 Å². The zero-order valence-corrected chi connectivity index (χ0v) is 16.5. The van der Waals surface area contributed by atoms with E-state index in [0.717, 1.165) is 24.2 Å². The van der Waals surface area contributed by atoms with Crippen molar-refractivity contribution in [3.8, 4) is 0 Å². The molecule has 0 saturated heterocycles. The Bertz CT molecular complexity index is 955. The number of ether oxygens (including phenoxy) is 1. The third-order valence-electron chi connectivity index (χ3n) is 3.63. The second-order valence-corrected chi connectivity index (χ2v) is 8.94. The van der Waals surface area contributed by atoms with Gasteiger partial charge in [-0.15, -0.1) is 11.3 Å². The fourth-order valence-corrected chi connectivity index (χ4v) is 4.80. The van der Waals surface area contributed by atoms with Crippen LogP contribution in [0.1, 0.15) is 29.4 Å². The largest absolute Gasteiger partial charge is 0.448 e. The molecule has 0 radical (unpaired) electrons. The molecule has 11 heteroatoms. The molecule has 1 aliphatic rings. The number of nitrogens with zero attached hydrogens (tertiary/aromatic N) is 1. The van der Waals surface area contributed by atoms with E-state index in [2.05, 4.69) is 15.0 Å². The van der Waals surface area contributed by atoms with Crippen molar-refractivity contribution in [2.45, 2.75) is 36.8 Å². The van der Waals surface area contributed by atoms with E-state index in [4.69, 9.17) is 16.3 Å². The number of esters is 1. The highest BCUT2D eigenvalue weighted by Crippen LogP contribution is 2.27. The summed E-state index contributed by atoms with van der Waals surface area (Å²) in [6.07, 6.45) is 1.77. The molecule has 144 valence electrons. The van der Waals surface area contributed by atoms with Crippen molar-refractivity contribution in [2.24, 2.45) is 0 Å². The molecule has 3 rings (SSSR count).